The zero-order valence-corrected chi connectivity index (χ0v) is 15.8. The number of benzene rings is 1. The Morgan fingerprint density at radius 2 is 1.95 bits per heavy atom. The Labute approximate surface area is 142 Å². The van der Waals surface area contributed by atoms with Gasteiger partial charge in [-0.25, -0.2) is 0 Å². The van der Waals surface area contributed by atoms with E-state index in [2.05, 4.69) is 5.32 Å². The molecule has 7 heteroatoms. The number of carbonyl (C=O) groups is 1. The van der Waals surface area contributed by atoms with Gasteiger partial charge in [0.1, 0.15) is 11.8 Å². The molecule has 1 aromatic carbocycles. The second kappa shape index (κ2) is 8.30. The van der Waals surface area contributed by atoms with Crippen LogP contribution >= 0.6 is 16.9 Å². The molecule has 0 fully saturated rings. The Hall–Kier alpha value is -0.610. The highest BCUT2D eigenvalue weighted by Crippen LogP contribution is 2.51. The Morgan fingerprint density at radius 1 is 1.36 bits per heavy atom. The summed E-state index contributed by atoms with van der Waals surface area (Å²) in [5, 5.41) is 2.99. The zero-order chi connectivity index (χ0) is 16.8. The Kier molecular flexibility index (Phi) is 7.33. The molecule has 22 heavy (non-hydrogen) atoms. The van der Waals surface area contributed by atoms with Crippen molar-refractivity contribution in [1.82, 2.24) is 5.32 Å². The fourth-order valence-corrected chi connectivity index (χ4v) is 3.33. The molecule has 1 aromatic rings. The van der Waals surface area contributed by atoms with Crippen LogP contribution in [0.15, 0.2) is 30.3 Å². The average Bonchev–Trinajstić information content (AvgIpc) is 2.42. The minimum Gasteiger partial charge on any atom is -0.464 e. The van der Waals surface area contributed by atoms with E-state index in [9.17, 15) is 4.79 Å². The van der Waals surface area contributed by atoms with Gasteiger partial charge in [0, 0.05) is 0 Å². The van der Waals surface area contributed by atoms with Gasteiger partial charge in [0.25, 0.3) is 0 Å². The van der Waals surface area contributed by atoms with Crippen LogP contribution in [0.3, 0.4) is 0 Å². The number of halogens is 1. The van der Waals surface area contributed by atoms with E-state index >= 15 is 0 Å². The van der Waals surface area contributed by atoms with Crippen molar-refractivity contribution in [2.75, 3.05) is 12.9 Å². The molecule has 0 aromatic heterocycles. The van der Waals surface area contributed by atoms with Gasteiger partial charge < -0.3 is 9.26 Å². The maximum Gasteiger partial charge on any atom is 0.322 e. The molecule has 0 bridgehead atoms. The monoisotopic (exact) mass is 363 g/mol. The average molecular weight is 364 g/mol. The number of nitrogens with one attached hydrogen (secondary N) is 1. The fourth-order valence-electron chi connectivity index (χ4n) is 1.41. The Morgan fingerprint density at radius 3 is 2.50 bits per heavy atom. The maximum atomic E-state index is 11.9. The lowest BCUT2D eigenvalue weighted by Gasteiger charge is -2.22. The number of hydrogen-bond donors (Lipinski definition) is 1. The summed E-state index contributed by atoms with van der Waals surface area (Å²) in [5.41, 5.74) is -2.64. The summed E-state index contributed by atoms with van der Waals surface area (Å²) in [6.45, 7) is 8.10. The predicted octanol–water partition coefficient (Wildman–Crippen LogP) is 4.14. The Bertz CT molecular complexity index is 533. The van der Waals surface area contributed by atoms with Gasteiger partial charge in [-0.2, -0.15) is 0 Å². The highest BCUT2D eigenvalue weighted by molar-refractivity contribution is 8.24. The fraction of sp³-hybridized carbons (Fsp3) is 0.533. The van der Waals surface area contributed by atoms with E-state index in [1.165, 1.54) is 0 Å². The lowest BCUT2D eigenvalue weighted by Crippen LogP contribution is -2.37. The van der Waals surface area contributed by atoms with Crippen molar-refractivity contribution < 1.29 is 14.1 Å². The third-order valence-electron chi connectivity index (χ3n) is 2.57. The molecule has 0 aliphatic rings. The highest BCUT2D eigenvalue weighted by Gasteiger charge is 2.22. The summed E-state index contributed by atoms with van der Waals surface area (Å²) in [5.74, 6) is 0.312. The molecule has 124 valence electrons. The molecule has 0 spiro atoms. The number of rotatable bonds is 7. The minimum absolute atomic E-state index is 0.0624. The van der Waals surface area contributed by atoms with E-state index in [-0.39, 0.29) is 17.7 Å². The molecule has 2 atom stereocenters. The first-order chi connectivity index (χ1) is 10.1. The van der Waals surface area contributed by atoms with E-state index in [0.717, 1.165) is 0 Å². The molecule has 4 nitrogen and oxygen atoms in total. The summed E-state index contributed by atoms with van der Waals surface area (Å²) in [6.07, 6.45) is 0.241. The molecule has 0 heterocycles. The molecule has 1 N–H and O–H groups in total. The second-order valence-electron chi connectivity index (χ2n) is 6.25. The van der Waals surface area contributed by atoms with E-state index in [1.54, 1.807) is 19.1 Å². The van der Waals surface area contributed by atoms with Crippen molar-refractivity contribution >= 4 is 34.6 Å². The number of esters is 1. The topological polar surface area (TPSA) is 47.6 Å². The van der Waals surface area contributed by atoms with Gasteiger partial charge in [-0.3, -0.25) is 10.1 Å². The minimum atomic E-state index is -2.57. The number of para-hydroxylation sites is 1. The highest BCUT2D eigenvalue weighted by atomic mass is 35.7. The molecule has 0 amide bonds. The van der Waals surface area contributed by atoms with E-state index in [0.29, 0.717) is 12.4 Å². The van der Waals surface area contributed by atoms with E-state index in [1.807, 2.05) is 39.0 Å². The first-order valence-corrected chi connectivity index (χ1v) is 10.8. The van der Waals surface area contributed by atoms with Gasteiger partial charge in [-0.05, 0) is 47.5 Å². The van der Waals surface area contributed by atoms with Crippen molar-refractivity contribution in [3.63, 3.8) is 0 Å². The van der Waals surface area contributed by atoms with Gasteiger partial charge in [-0.15, -0.1) is 0 Å². The van der Waals surface area contributed by atoms with Crippen LogP contribution < -0.4 is 9.84 Å². The van der Waals surface area contributed by atoms with Gasteiger partial charge in [0.2, 0.25) is 5.62 Å². The first kappa shape index (κ1) is 19.4. The third kappa shape index (κ3) is 8.14. The first-order valence-electron chi connectivity index (χ1n) is 7.02. The standard InChI is InChI=1S/C15H23ClNO3PS/c1-12(14(18)19-10-15(2,3)4)17-11-21(16,22)20-13-8-6-5-7-9-13/h5-9,12,17H,10-11H2,1-4H3/t12-,21?/m0/s1. The number of carbonyl (C=O) groups excluding carboxylic acids is 1. The normalized spacial score (nSPS) is 15.7. The second-order valence-corrected chi connectivity index (χ2v) is 11.9. The molecule has 0 aliphatic heterocycles. The molecule has 0 saturated carbocycles. The van der Waals surface area contributed by atoms with Crippen LogP contribution in [0, 0.1) is 5.41 Å². The van der Waals surface area contributed by atoms with Crippen molar-refractivity contribution in [2.45, 2.75) is 33.7 Å². The summed E-state index contributed by atoms with van der Waals surface area (Å²) in [4.78, 5) is 11.9. The van der Waals surface area contributed by atoms with Crippen LogP contribution in [0.25, 0.3) is 0 Å². The van der Waals surface area contributed by atoms with Crippen molar-refractivity contribution in [3.8, 4) is 5.75 Å². The lowest BCUT2D eigenvalue weighted by molar-refractivity contribution is -0.148. The summed E-state index contributed by atoms with van der Waals surface area (Å²) in [7, 11) is 0. The van der Waals surface area contributed by atoms with E-state index < -0.39 is 11.7 Å². The Balaban J connectivity index is 2.43. The van der Waals surface area contributed by atoms with E-state index in [4.69, 9.17) is 32.3 Å². The van der Waals surface area contributed by atoms with Gasteiger partial charge in [0.05, 0.1) is 12.9 Å². The van der Waals surface area contributed by atoms with Crippen molar-refractivity contribution in [1.29, 1.82) is 0 Å². The van der Waals surface area contributed by atoms with Crippen LogP contribution in [0.1, 0.15) is 27.7 Å². The SMILES string of the molecule is C[C@H](NCP(=S)(Cl)Oc1ccccc1)C(=O)OCC(C)(C)C. The quantitative estimate of drug-likeness (QED) is 0.582. The smallest absolute Gasteiger partial charge is 0.322 e. The molecule has 0 aliphatic carbocycles. The van der Waals surface area contributed by atoms with Crippen LogP contribution in [0.4, 0.5) is 0 Å². The van der Waals surface area contributed by atoms with Gasteiger partial charge in [0.15, 0.2) is 0 Å². The molecule has 0 radical (unpaired) electrons. The maximum absolute atomic E-state index is 11.9. The summed E-state index contributed by atoms with van der Waals surface area (Å²) in [6, 6.07) is 8.69. The molecule has 1 unspecified atom stereocenters. The third-order valence-corrected chi connectivity index (χ3v) is 4.79. The molecule has 0 saturated heterocycles. The van der Waals surface area contributed by atoms with Gasteiger partial charge in [-0.1, -0.05) is 39.0 Å². The van der Waals surface area contributed by atoms with Gasteiger partial charge >= 0.3 is 5.97 Å². The van der Waals surface area contributed by atoms with Crippen LogP contribution in [-0.2, 0) is 21.3 Å². The van der Waals surface area contributed by atoms with Crippen LogP contribution in [0.5, 0.6) is 5.75 Å². The summed E-state index contributed by atoms with van der Waals surface area (Å²) >= 11 is 11.6. The number of hydrogen-bond acceptors (Lipinski definition) is 5. The van der Waals surface area contributed by atoms with Crippen molar-refractivity contribution in [2.24, 2.45) is 5.41 Å². The molecule has 1 rings (SSSR count). The summed E-state index contributed by atoms with van der Waals surface area (Å²) < 4.78 is 10.9. The molecular weight excluding hydrogens is 341 g/mol. The number of ether oxygens (including phenoxy) is 1. The molecular formula is C15H23ClNO3PS. The largest absolute Gasteiger partial charge is 0.464 e. The lowest BCUT2D eigenvalue weighted by atomic mass is 9.99. The zero-order valence-electron chi connectivity index (χ0n) is 13.3. The van der Waals surface area contributed by atoms with Crippen LogP contribution in [-0.4, -0.2) is 24.9 Å². The van der Waals surface area contributed by atoms with Crippen LogP contribution in [0.2, 0.25) is 0 Å². The van der Waals surface area contributed by atoms with Crippen molar-refractivity contribution in [3.05, 3.63) is 30.3 Å². The predicted molar refractivity (Wildman–Crippen MR) is 95.1 cm³/mol.